The zero-order valence-corrected chi connectivity index (χ0v) is 11.3. The molecule has 0 radical (unpaired) electrons. The van der Waals surface area contributed by atoms with Crippen molar-refractivity contribution in [3.05, 3.63) is 29.6 Å². The molecule has 1 aliphatic heterocycles. The van der Waals surface area contributed by atoms with Crippen LogP contribution in [0.2, 0.25) is 0 Å². The summed E-state index contributed by atoms with van der Waals surface area (Å²) in [6.45, 7) is 2.95. The highest BCUT2D eigenvalue weighted by Crippen LogP contribution is 2.20. The number of hydrogen-bond acceptors (Lipinski definition) is 4. The summed E-state index contributed by atoms with van der Waals surface area (Å²) < 4.78 is 4.75. The number of methoxy groups -OCH3 is 1. The molecule has 0 saturated carbocycles. The minimum Gasteiger partial charge on any atom is -0.469 e. The lowest BCUT2D eigenvalue weighted by Crippen LogP contribution is -2.43. The minimum atomic E-state index is -0.241. The average Bonchev–Trinajstić information content (AvgIpc) is 2.46. The Kier molecular flexibility index (Phi) is 4.14. The van der Waals surface area contributed by atoms with Crippen LogP contribution in [0.25, 0.3) is 0 Å². The molecule has 0 N–H and O–H groups in total. The quantitative estimate of drug-likeness (QED) is 0.756. The van der Waals surface area contributed by atoms with Gasteiger partial charge in [0.1, 0.15) is 5.69 Å². The summed E-state index contributed by atoms with van der Waals surface area (Å²) in [6.07, 6.45) is 3.21. The fraction of sp³-hybridized carbons (Fsp3) is 0.500. The molecule has 0 bridgehead atoms. The second-order valence-corrected chi connectivity index (χ2v) is 4.78. The Hall–Kier alpha value is -1.91. The number of ether oxygens (including phenoxy) is 1. The number of carbonyl (C=O) groups is 2. The van der Waals surface area contributed by atoms with E-state index in [1.54, 1.807) is 17.2 Å². The largest absolute Gasteiger partial charge is 0.469 e. The van der Waals surface area contributed by atoms with Crippen molar-refractivity contribution in [2.24, 2.45) is 5.92 Å². The van der Waals surface area contributed by atoms with Gasteiger partial charge in [-0.1, -0.05) is 6.07 Å². The third-order valence-corrected chi connectivity index (χ3v) is 3.46. The maximum Gasteiger partial charge on any atom is 0.310 e. The van der Waals surface area contributed by atoms with Gasteiger partial charge in [0.25, 0.3) is 5.91 Å². The van der Waals surface area contributed by atoms with Crippen LogP contribution in [0.3, 0.4) is 0 Å². The first kappa shape index (κ1) is 13.5. The Labute approximate surface area is 112 Å². The lowest BCUT2D eigenvalue weighted by atomic mass is 9.97. The Morgan fingerprint density at radius 3 is 2.95 bits per heavy atom. The molecule has 1 unspecified atom stereocenters. The van der Waals surface area contributed by atoms with E-state index in [4.69, 9.17) is 4.74 Å². The first-order valence-electron chi connectivity index (χ1n) is 6.42. The summed E-state index contributed by atoms with van der Waals surface area (Å²) in [4.78, 5) is 29.8. The van der Waals surface area contributed by atoms with Crippen molar-refractivity contribution < 1.29 is 14.3 Å². The van der Waals surface area contributed by atoms with E-state index in [2.05, 4.69) is 4.98 Å². The minimum absolute atomic E-state index is 0.105. The number of rotatable bonds is 2. The van der Waals surface area contributed by atoms with Gasteiger partial charge in [0, 0.05) is 19.3 Å². The van der Waals surface area contributed by atoms with E-state index < -0.39 is 0 Å². The lowest BCUT2D eigenvalue weighted by molar-refractivity contribution is -0.146. The fourth-order valence-corrected chi connectivity index (χ4v) is 2.38. The van der Waals surface area contributed by atoms with Crippen LogP contribution < -0.4 is 0 Å². The number of pyridine rings is 1. The van der Waals surface area contributed by atoms with Gasteiger partial charge in [-0.15, -0.1) is 0 Å². The zero-order chi connectivity index (χ0) is 13.8. The Morgan fingerprint density at radius 2 is 2.26 bits per heavy atom. The Morgan fingerprint density at radius 1 is 1.47 bits per heavy atom. The van der Waals surface area contributed by atoms with Crippen LogP contribution in [0, 0.1) is 12.8 Å². The van der Waals surface area contributed by atoms with E-state index in [0.717, 1.165) is 18.4 Å². The molecule has 0 aliphatic carbocycles. The second kappa shape index (κ2) is 5.82. The van der Waals surface area contributed by atoms with Crippen molar-refractivity contribution in [3.63, 3.8) is 0 Å². The third kappa shape index (κ3) is 2.92. The molecule has 1 aromatic heterocycles. The maximum absolute atomic E-state index is 12.4. The lowest BCUT2D eigenvalue weighted by Gasteiger charge is -2.31. The summed E-state index contributed by atoms with van der Waals surface area (Å²) in [5.74, 6) is -0.561. The Bertz CT molecular complexity index is 487. The van der Waals surface area contributed by atoms with Gasteiger partial charge < -0.3 is 9.64 Å². The monoisotopic (exact) mass is 262 g/mol. The highest BCUT2D eigenvalue weighted by atomic mass is 16.5. The van der Waals surface area contributed by atoms with Gasteiger partial charge in [-0.2, -0.15) is 0 Å². The van der Waals surface area contributed by atoms with Gasteiger partial charge >= 0.3 is 5.97 Å². The first-order valence-corrected chi connectivity index (χ1v) is 6.42. The molecule has 1 saturated heterocycles. The van der Waals surface area contributed by atoms with E-state index in [1.807, 2.05) is 13.0 Å². The van der Waals surface area contributed by atoms with E-state index in [1.165, 1.54) is 7.11 Å². The number of hydrogen-bond donors (Lipinski definition) is 0. The molecule has 0 aromatic carbocycles. The highest BCUT2D eigenvalue weighted by Gasteiger charge is 2.30. The molecule has 19 heavy (non-hydrogen) atoms. The van der Waals surface area contributed by atoms with Crippen LogP contribution in [0.5, 0.6) is 0 Å². The van der Waals surface area contributed by atoms with Crippen LogP contribution in [-0.2, 0) is 9.53 Å². The van der Waals surface area contributed by atoms with Crippen LogP contribution in [0.1, 0.15) is 28.9 Å². The zero-order valence-electron chi connectivity index (χ0n) is 11.3. The van der Waals surface area contributed by atoms with Gasteiger partial charge in [0.2, 0.25) is 0 Å². The fourth-order valence-electron chi connectivity index (χ4n) is 2.38. The molecule has 1 aromatic rings. The predicted octanol–water partition coefficient (Wildman–Crippen LogP) is 1.42. The number of amides is 1. The molecule has 2 heterocycles. The van der Waals surface area contributed by atoms with Crippen molar-refractivity contribution in [3.8, 4) is 0 Å². The standard InChI is InChI=1S/C14H18N2O3/c1-10-5-3-7-15-12(10)13(17)16-8-4-6-11(9-16)14(18)19-2/h3,5,7,11H,4,6,8-9H2,1-2H3. The van der Waals surface area contributed by atoms with Gasteiger partial charge in [0.05, 0.1) is 13.0 Å². The SMILES string of the molecule is COC(=O)C1CCCN(C(=O)c2ncccc2C)C1. The molecule has 1 amide bonds. The van der Waals surface area contributed by atoms with Crippen molar-refractivity contribution in [1.29, 1.82) is 0 Å². The van der Waals surface area contributed by atoms with Crippen LogP contribution in [-0.4, -0.2) is 42.0 Å². The molecule has 1 aliphatic rings. The summed E-state index contributed by atoms with van der Waals surface area (Å²) in [5.41, 5.74) is 1.32. The highest BCUT2D eigenvalue weighted by molar-refractivity contribution is 5.94. The molecular formula is C14H18N2O3. The average molecular weight is 262 g/mol. The topological polar surface area (TPSA) is 59.5 Å². The van der Waals surface area contributed by atoms with E-state index in [-0.39, 0.29) is 17.8 Å². The van der Waals surface area contributed by atoms with Crippen LogP contribution in [0.15, 0.2) is 18.3 Å². The van der Waals surface area contributed by atoms with Crippen molar-refractivity contribution in [2.75, 3.05) is 20.2 Å². The summed E-state index contributed by atoms with van der Waals surface area (Å²) in [6, 6.07) is 3.67. The summed E-state index contributed by atoms with van der Waals surface area (Å²) in [5, 5.41) is 0. The maximum atomic E-state index is 12.4. The van der Waals surface area contributed by atoms with Crippen LogP contribution >= 0.6 is 0 Å². The smallest absolute Gasteiger partial charge is 0.310 e. The van der Waals surface area contributed by atoms with Crippen molar-refractivity contribution >= 4 is 11.9 Å². The summed E-state index contributed by atoms with van der Waals surface area (Å²) in [7, 11) is 1.38. The molecular weight excluding hydrogens is 244 g/mol. The third-order valence-electron chi connectivity index (χ3n) is 3.46. The number of piperidine rings is 1. The molecule has 1 fully saturated rings. The molecule has 0 spiro atoms. The Balaban J connectivity index is 2.11. The van der Waals surface area contributed by atoms with Gasteiger partial charge in [-0.3, -0.25) is 14.6 Å². The van der Waals surface area contributed by atoms with Gasteiger partial charge in [0.15, 0.2) is 0 Å². The summed E-state index contributed by atoms with van der Waals surface area (Å²) >= 11 is 0. The number of nitrogens with zero attached hydrogens (tertiary/aromatic N) is 2. The molecule has 102 valence electrons. The van der Waals surface area contributed by atoms with E-state index >= 15 is 0 Å². The van der Waals surface area contributed by atoms with E-state index in [9.17, 15) is 9.59 Å². The number of esters is 1. The molecule has 1 atom stereocenters. The second-order valence-electron chi connectivity index (χ2n) is 4.78. The molecule has 5 nitrogen and oxygen atoms in total. The first-order chi connectivity index (χ1) is 9.13. The van der Waals surface area contributed by atoms with Gasteiger partial charge in [-0.25, -0.2) is 0 Å². The van der Waals surface area contributed by atoms with Crippen molar-refractivity contribution in [1.82, 2.24) is 9.88 Å². The predicted molar refractivity (Wildman–Crippen MR) is 69.6 cm³/mol. The van der Waals surface area contributed by atoms with Crippen LogP contribution in [0.4, 0.5) is 0 Å². The molecule has 2 rings (SSSR count). The molecule has 5 heteroatoms. The van der Waals surface area contributed by atoms with E-state index in [0.29, 0.717) is 18.8 Å². The normalized spacial score (nSPS) is 19.1. The number of carbonyl (C=O) groups excluding carboxylic acids is 2. The number of aromatic nitrogens is 1. The number of aryl methyl sites for hydroxylation is 1. The number of likely N-dealkylation sites (tertiary alicyclic amines) is 1. The van der Waals surface area contributed by atoms with Crippen molar-refractivity contribution in [2.45, 2.75) is 19.8 Å². The van der Waals surface area contributed by atoms with Gasteiger partial charge in [-0.05, 0) is 31.4 Å².